The summed E-state index contributed by atoms with van der Waals surface area (Å²) >= 11 is 5.91. The molecular weight excluding hydrogens is 354 g/mol. The molecular formula is C19H22ClN3O3. The molecule has 0 saturated carbocycles. The van der Waals surface area contributed by atoms with Crippen LogP contribution in [-0.4, -0.2) is 34.8 Å². The van der Waals surface area contributed by atoms with Crippen molar-refractivity contribution >= 4 is 23.4 Å². The van der Waals surface area contributed by atoms with Crippen LogP contribution in [0.2, 0.25) is 5.02 Å². The topological polar surface area (TPSA) is 75.4 Å². The molecule has 0 spiro atoms. The number of piperidine rings is 1. The first kappa shape index (κ1) is 18.5. The lowest BCUT2D eigenvalue weighted by Gasteiger charge is -2.33. The second-order valence-corrected chi connectivity index (χ2v) is 6.91. The average molecular weight is 376 g/mol. The lowest BCUT2D eigenvalue weighted by molar-refractivity contribution is -0.136. The maximum absolute atomic E-state index is 12.4. The number of carbonyl (C=O) groups excluding carboxylic acids is 2. The molecule has 0 unspecified atom stereocenters. The van der Waals surface area contributed by atoms with E-state index in [0.717, 1.165) is 30.6 Å². The number of oxazole rings is 1. The molecule has 2 aromatic rings. The molecule has 6 nitrogen and oxygen atoms in total. The number of hydrogen-bond donors (Lipinski definition) is 1. The standard InChI is InChI=1S/C19H22ClN3O3/c1-13(24)21-12-18(25)23-9-3-2-4-17(23)19-22-11-16(26-19)10-14-5-7-15(20)8-6-14/h5-8,11,17H,2-4,9-10,12H2,1H3,(H,21,24)/t17-/m0/s1. The fourth-order valence-corrected chi connectivity index (χ4v) is 3.28. The number of rotatable bonds is 5. The van der Waals surface area contributed by atoms with Gasteiger partial charge in [0.2, 0.25) is 17.7 Å². The lowest BCUT2D eigenvalue weighted by Crippen LogP contribution is -2.44. The average Bonchev–Trinajstić information content (AvgIpc) is 3.10. The third kappa shape index (κ3) is 4.64. The quantitative estimate of drug-likeness (QED) is 0.871. The van der Waals surface area contributed by atoms with E-state index in [1.165, 1.54) is 6.92 Å². The third-order valence-corrected chi connectivity index (χ3v) is 4.71. The predicted molar refractivity (Wildman–Crippen MR) is 97.7 cm³/mol. The summed E-state index contributed by atoms with van der Waals surface area (Å²) in [7, 11) is 0. The van der Waals surface area contributed by atoms with Crippen molar-refractivity contribution in [1.82, 2.24) is 15.2 Å². The van der Waals surface area contributed by atoms with Gasteiger partial charge in [-0.15, -0.1) is 0 Å². The van der Waals surface area contributed by atoms with Crippen LogP contribution in [-0.2, 0) is 16.0 Å². The Kier molecular flexibility index (Phi) is 5.93. The summed E-state index contributed by atoms with van der Waals surface area (Å²) in [5.41, 5.74) is 1.08. The maximum atomic E-state index is 12.4. The molecule has 2 heterocycles. The van der Waals surface area contributed by atoms with Gasteiger partial charge in [-0.05, 0) is 37.0 Å². The van der Waals surface area contributed by atoms with E-state index in [0.29, 0.717) is 23.9 Å². The number of hydrogen-bond acceptors (Lipinski definition) is 4. The van der Waals surface area contributed by atoms with Crippen LogP contribution >= 0.6 is 11.6 Å². The smallest absolute Gasteiger partial charge is 0.242 e. The van der Waals surface area contributed by atoms with Crippen LogP contribution in [0.4, 0.5) is 0 Å². The van der Waals surface area contributed by atoms with Crippen molar-refractivity contribution in [2.24, 2.45) is 0 Å². The highest BCUT2D eigenvalue weighted by Crippen LogP contribution is 2.31. The van der Waals surface area contributed by atoms with Gasteiger partial charge in [0.25, 0.3) is 0 Å². The third-order valence-electron chi connectivity index (χ3n) is 4.46. The molecule has 1 N–H and O–H groups in total. The molecule has 26 heavy (non-hydrogen) atoms. The zero-order chi connectivity index (χ0) is 18.5. The minimum Gasteiger partial charge on any atom is -0.443 e. The van der Waals surface area contributed by atoms with E-state index in [9.17, 15) is 9.59 Å². The minimum absolute atomic E-state index is 0.00414. The van der Waals surface area contributed by atoms with Crippen LogP contribution in [0.1, 0.15) is 49.4 Å². The van der Waals surface area contributed by atoms with Gasteiger partial charge in [-0.3, -0.25) is 9.59 Å². The van der Waals surface area contributed by atoms with Crippen molar-refractivity contribution in [3.63, 3.8) is 0 Å². The van der Waals surface area contributed by atoms with Gasteiger partial charge < -0.3 is 14.6 Å². The zero-order valence-electron chi connectivity index (χ0n) is 14.7. The van der Waals surface area contributed by atoms with Crippen molar-refractivity contribution in [3.8, 4) is 0 Å². The van der Waals surface area contributed by atoms with Crippen molar-refractivity contribution in [2.45, 2.75) is 38.6 Å². The fraction of sp³-hybridized carbons (Fsp3) is 0.421. The van der Waals surface area contributed by atoms with Gasteiger partial charge in [-0.25, -0.2) is 4.98 Å². The summed E-state index contributed by atoms with van der Waals surface area (Å²) in [4.78, 5) is 29.7. The first-order chi connectivity index (χ1) is 12.5. The van der Waals surface area contributed by atoms with Crippen molar-refractivity contribution in [3.05, 3.63) is 52.7 Å². The Morgan fingerprint density at radius 2 is 2.08 bits per heavy atom. The Hall–Kier alpha value is -2.34. The van der Waals surface area contributed by atoms with E-state index in [2.05, 4.69) is 10.3 Å². The van der Waals surface area contributed by atoms with Crippen LogP contribution in [0.25, 0.3) is 0 Å². The highest BCUT2D eigenvalue weighted by Gasteiger charge is 2.31. The van der Waals surface area contributed by atoms with E-state index in [1.807, 2.05) is 24.3 Å². The maximum Gasteiger partial charge on any atom is 0.242 e. The first-order valence-corrected chi connectivity index (χ1v) is 9.13. The van der Waals surface area contributed by atoms with E-state index < -0.39 is 0 Å². The number of nitrogens with zero attached hydrogens (tertiary/aromatic N) is 2. The van der Waals surface area contributed by atoms with Gasteiger partial charge in [0.05, 0.1) is 12.7 Å². The summed E-state index contributed by atoms with van der Waals surface area (Å²) in [5.74, 6) is 0.989. The molecule has 138 valence electrons. The van der Waals surface area contributed by atoms with Crippen LogP contribution in [0, 0.1) is 0 Å². The lowest BCUT2D eigenvalue weighted by atomic mass is 10.0. The molecule has 1 aromatic carbocycles. The van der Waals surface area contributed by atoms with Gasteiger partial charge in [0, 0.05) is 24.9 Å². The molecule has 1 aliphatic heterocycles. The van der Waals surface area contributed by atoms with Crippen molar-refractivity contribution in [2.75, 3.05) is 13.1 Å². The van der Waals surface area contributed by atoms with Crippen LogP contribution < -0.4 is 5.32 Å². The number of benzene rings is 1. The van der Waals surface area contributed by atoms with Gasteiger partial charge in [0.1, 0.15) is 11.8 Å². The molecule has 1 saturated heterocycles. The van der Waals surface area contributed by atoms with Gasteiger partial charge in [0.15, 0.2) is 0 Å². The first-order valence-electron chi connectivity index (χ1n) is 8.76. The summed E-state index contributed by atoms with van der Waals surface area (Å²) in [6.07, 6.45) is 5.11. The molecule has 1 atom stereocenters. The second-order valence-electron chi connectivity index (χ2n) is 6.48. The fourth-order valence-electron chi connectivity index (χ4n) is 3.15. The van der Waals surface area contributed by atoms with E-state index in [-0.39, 0.29) is 24.4 Å². The molecule has 0 radical (unpaired) electrons. The molecule has 0 aliphatic carbocycles. The van der Waals surface area contributed by atoms with E-state index >= 15 is 0 Å². The largest absolute Gasteiger partial charge is 0.443 e. The summed E-state index contributed by atoms with van der Waals surface area (Å²) in [6.45, 7) is 2.06. The monoisotopic (exact) mass is 375 g/mol. The number of halogens is 1. The highest BCUT2D eigenvalue weighted by molar-refractivity contribution is 6.30. The Morgan fingerprint density at radius 1 is 1.31 bits per heavy atom. The van der Waals surface area contributed by atoms with Gasteiger partial charge in [-0.1, -0.05) is 23.7 Å². The van der Waals surface area contributed by atoms with Crippen molar-refractivity contribution in [1.29, 1.82) is 0 Å². The van der Waals surface area contributed by atoms with Crippen LogP contribution in [0.15, 0.2) is 34.9 Å². The number of aromatic nitrogens is 1. The Balaban J connectivity index is 1.70. The number of likely N-dealkylation sites (tertiary alicyclic amines) is 1. The Morgan fingerprint density at radius 3 is 2.81 bits per heavy atom. The number of amides is 2. The van der Waals surface area contributed by atoms with Gasteiger partial charge in [-0.2, -0.15) is 0 Å². The number of nitrogens with one attached hydrogen (secondary N) is 1. The van der Waals surface area contributed by atoms with Crippen LogP contribution in [0.5, 0.6) is 0 Å². The second kappa shape index (κ2) is 8.36. The molecule has 1 fully saturated rings. The molecule has 7 heteroatoms. The summed E-state index contributed by atoms with van der Waals surface area (Å²) < 4.78 is 5.94. The predicted octanol–water partition coefficient (Wildman–Crippen LogP) is 3.11. The van der Waals surface area contributed by atoms with E-state index in [4.69, 9.17) is 16.0 Å². The molecule has 0 bridgehead atoms. The molecule has 2 amide bonds. The Bertz CT molecular complexity index is 773. The minimum atomic E-state index is -0.215. The van der Waals surface area contributed by atoms with Crippen molar-refractivity contribution < 1.29 is 14.0 Å². The van der Waals surface area contributed by atoms with E-state index in [1.54, 1.807) is 11.1 Å². The highest BCUT2D eigenvalue weighted by atomic mass is 35.5. The normalized spacial score (nSPS) is 17.2. The number of carbonyl (C=O) groups is 2. The summed E-state index contributed by atoms with van der Waals surface area (Å²) in [6, 6.07) is 7.42. The molecule has 1 aromatic heterocycles. The Labute approximate surface area is 157 Å². The zero-order valence-corrected chi connectivity index (χ0v) is 15.5. The SMILES string of the molecule is CC(=O)NCC(=O)N1CCCC[C@H]1c1ncc(Cc2ccc(Cl)cc2)o1. The van der Waals surface area contributed by atoms with Crippen LogP contribution in [0.3, 0.4) is 0 Å². The molecule has 1 aliphatic rings. The molecule has 3 rings (SSSR count). The summed E-state index contributed by atoms with van der Waals surface area (Å²) in [5, 5.41) is 3.26. The van der Waals surface area contributed by atoms with Gasteiger partial charge >= 0.3 is 0 Å².